The van der Waals surface area contributed by atoms with E-state index < -0.39 is 0 Å². The second-order valence-corrected chi connectivity index (χ2v) is 8.92. The van der Waals surface area contributed by atoms with E-state index in [0.29, 0.717) is 31.4 Å². The lowest BCUT2D eigenvalue weighted by molar-refractivity contribution is 0.103. The highest BCUT2D eigenvalue weighted by Gasteiger charge is 2.25. The predicted octanol–water partition coefficient (Wildman–Crippen LogP) is 5.51. The maximum absolute atomic E-state index is 12.9. The summed E-state index contributed by atoms with van der Waals surface area (Å²) in [6.45, 7) is 0. The van der Waals surface area contributed by atoms with Gasteiger partial charge in [-0.05, 0) is 58.5 Å². The number of carbonyl (C=O) groups excluding carboxylic acids is 1. The molecule has 4 aromatic rings. The molecule has 0 aliphatic rings. The molecule has 2 aromatic carbocycles. The molecule has 148 valence electrons. The lowest BCUT2D eigenvalue weighted by atomic mass is 9.97. The highest BCUT2D eigenvalue weighted by atomic mass is 127. The molecule has 9 heteroatoms. The standard InChI is InChI=1S/C21H13ClIN5OS/c22-10-5-7-11(8-6-10)27-20(29)18-17(25)16-15(12-3-1-2-4-14(12)23)13(9-24)19(26)28-21(16)30-18/h1-8H,25H2,(H2,26,28)(H,27,29). The van der Waals surface area contributed by atoms with Crippen LogP contribution in [0, 0.1) is 14.9 Å². The molecule has 1 amide bonds. The summed E-state index contributed by atoms with van der Waals surface area (Å²) in [4.78, 5) is 18.0. The van der Waals surface area contributed by atoms with Crippen molar-refractivity contribution < 1.29 is 4.79 Å². The molecule has 2 heterocycles. The summed E-state index contributed by atoms with van der Waals surface area (Å²) in [5.41, 5.74) is 15.0. The van der Waals surface area contributed by atoms with E-state index in [0.717, 1.165) is 20.5 Å². The van der Waals surface area contributed by atoms with Gasteiger partial charge < -0.3 is 16.8 Å². The first-order valence-electron chi connectivity index (χ1n) is 8.64. The number of nitrogens with two attached hydrogens (primary N) is 2. The number of nitrogens with zero attached hydrogens (tertiary/aromatic N) is 2. The molecule has 0 saturated carbocycles. The fraction of sp³-hybridized carbons (Fsp3) is 0. The fourth-order valence-corrected chi connectivity index (χ4v) is 4.90. The van der Waals surface area contributed by atoms with Crippen LogP contribution in [0.5, 0.6) is 0 Å². The zero-order valence-corrected chi connectivity index (χ0v) is 19.0. The van der Waals surface area contributed by atoms with Gasteiger partial charge in [0.25, 0.3) is 5.91 Å². The van der Waals surface area contributed by atoms with E-state index in [2.05, 4.69) is 39.0 Å². The Kier molecular flexibility index (Phi) is 5.51. The van der Waals surface area contributed by atoms with Gasteiger partial charge in [-0.1, -0.05) is 29.8 Å². The van der Waals surface area contributed by atoms with Crippen LogP contribution in [0.4, 0.5) is 17.2 Å². The van der Waals surface area contributed by atoms with Gasteiger partial charge in [-0.3, -0.25) is 4.79 Å². The summed E-state index contributed by atoms with van der Waals surface area (Å²) < 4.78 is 0.927. The van der Waals surface area contributed by atoms with Gasteiger partial charge in [0.05, 0.1) is 5.69 Å². The molecule has 0 aliphatic carbocycles. The highest BCUT2D eigenvalue weighted by molar-refractivity contribution is 14.1. The third kappa shape index (κ3) is 3.56. The lowest BCUT2D eigenvalue weighted by Gasteiger charge is -2.11. The first-order valence-corrected chi connectivity index (χ1v) is 10.9. The van der Waals surface area contributed by atoms with E-state index in [1.54, 1.807) is 24.3 Å². The molecule has 6 nitrogen and oxygen atoms in total. The number of hydrogen-bond acceptors (Lipinski definition) is 6. The van der Waals surface area contributed by atoms with Crippen molar-refractivity contribution >= 4 is 78.8 Å². The van der Waals surface area contributed by atoms with Crippen LogP contribution in [0.15, 0.2) is 48.5 Å². The second-order valence-electron chi connectivity index (χ2n) is 6.32. The second kappa shape index (κ2) is 8.10. The zero-order valence-electron chi connectivity index (χ0n) is 15.2. The van der Waals surface area contributed by atoms with E-state index in [-0.39, 0.29) is 23.0 Å². The van der Waals surface area contributed by atoms with Gasteiger partial charge in [0.1, 0.15) is 27.2 Å². The summed E-state index contributed by atoms with van der Waals surface area (Å²) >= 11 is 9.23. The number of pyridine rings is 1. The molecule has 0 unspecified atom stereocenters. The lowest BCUT2D eigenvalue weighted by Crippen LogP contribution is -2.11. The largest absolute Gasteiger partial charge is 0.397 e. The van der Waals surface area contributed by atoms with Crippen molar-refractivity contribution in [3.05, 3.63) is 67.6 Å². The SMILES string of the molecule is N#Cc1c(N)nc2sc(C(=O)Nc3ccc(Cl)cc3)c(N)c2c1-c1ccccc1I. The number of nitrogens with one attached hydrogen (secondary N) is 1. The minimum atomic E-state index is -0.372. The molecule has 2 aromatic heterocycles. The van der Waals surface area contributed by atoms with E-state index in [9.17, 15) is 10.1 Å². The van der Waals surface area contributed by atoms with Crippen LogP contribution in [-0.2, 0) is 0 Å². The fourth-order valence-electron chi connectivity index (χ4n) is 3.11. The summed E-state index contributed by atoms with van der Waals surface area (Å²) in [5, 5.41) is 13.7. The summed E-state index contributed by atoms with van der Waals surface area (Å²) in [5.74, 6) is -0.269. The molecule has 4 rings (SSSR count). The van der Waals surface area contributed by atoms with Crippen LogP contribution in [0.3, 0.4) is 0 Å². The first kappa shape index (κ1) is 20.4. The molecular weight excluding hydrogens is 533 g/mol. The van der Waals surface area contributed by atoms with Crippen LogP contribution in [0.1, 0.15) is 15.2 Å². The number of thiophene rings is 1. The van der Waals surface area contributed by atoms with Crippen LogP contribution >= 0.6 is 45.5 Å². The molecule has 5 N–H and O–H groups in total. The van der Waals surface area contributed by atoms with Gasteiger partial charge in [0.2, 0.25) is 0 Å². The van der Waals surface area contributed by atoms with Crippen molar-refractivity contribution in [2.45, 2.75) is 0 Å². The van der Waals surface area contributed by atoms with Crippen molar-refractivity contribution in [2.24, 2.45) is 0 Å². The van der Waals surface area contributed by atoms with Gasteiger partial charge in [-0.25, -0.2) is 4.98 Å². The van der Waals surface area contributed by atoms with Crippen molar-refractivity contribution in [3.8, 4) is 17.2 Å². The zero-order chi connectivity index (χ0) is 21.4. The Morgan fingerprint density at radius 3 is 2.53 bits per heavy atom. The van der Waals surface area contributed by atoms with Crippen LogP contribution < -0.4 is 16.8 Å². The number of anilines is 3. The first-order chi connectivity index (χ1) is 14.4. The number of nitrogen functional groups attached to an aromatic ring is 2. The van der Waals surface area contributed by atoms with Gasteiger partial charge in [-0.15, -0.1) is 11.3 Å². The minimum Gasteiger partial charge on any atom is -0.397 e. The van der Waals surface area contributed by atoms with Crippen molar-refractivity contribution in [1.82, 2.24) is 4.98 Å². The quantitative estimate of drug-likeness (QED) is 0.293. The van der Waals surface area contributed by atoms with Crippen molar-refractivity contribution in [3.63, 3.8) is 0 Å². The molecule has 0 bridgehead atoms. The molecule has 0 aliphatic heterocycles. The number of fused-ring (bicyclic) bond motifs is 1. The number of amides is 1. The monoisotopic (exact) mass is 545 g/mol. The van der Waals surface area contributed by atoms with Gasteiger partial charge in [0.15, 0.2) is 0 Å². The van der Waals surface area contributed by atoms with Crippen molar-refractivity contribution in [1.29, 1.82) is 5.26 Å². The van der Waals surface area contributed by atoms with E-state index in [1.807, 2.05) is 24.3 Å². The van der Waals surface area contributed by atoms with Crippen LogP contribution in [-0.4, -0.2) is 10.9 Å². The Hall–Kier alpha value is -2.87. The third-order valence-corrected chi connectivity index (χ3v) is 6.76. The third-order valence-electron chi connectivity index (χ3n) is 4.47. The number of halogens is 2. The number of nitriles is 1. The Bertz CT molecular complexity index is 1340. The number of rotatable bonds is 3. The maximum atomic E-state index is 12.9. The summed E-state index contributed by atoms with van der Waals surface area (Å²) in [7, 11) is 0. The number of aromatic nitrogens is 1. The van der Waals surface area contributed by atoms with Gasteiger partial charge >= 0.3 is 0 Å². The number of carbonyl (C=O) groups is 1. The van der Waals surface area contributed by atoms with E-state index in [4.69, 9.17) is 23.1 Å². The molecule has 0 fully saturated rings. The number of hydrogen-bond donors (Lipinski definition) is 3. The molecular formula is C21H13ClIN5OS. The van der Waals surface area contributed by atoms with Gasteiger partial charge in [0, 0.05) is 25.2 Å². The Morgan fingerprint density at radius 2 is 1.87 bits per heavy atom. The van der Waals surface area contributed by atoms with E-state index >= 15 is 0 Å². The minimum absolute atomic E-state index is 0.102. The number of benzene rings is 2. The average Bonchev–Trinajstić information content (AvgIpc) is 3.05. The smallest absolute Gasteiger partial charge is 0.267 e. The maximum Gasteiger partial charge on any atom is 0.267 e. The molecule has 0 spiro atoms. The average molecular weight is 546 g/mol. The molecule has 0 saturated heterocycles. The topological polar surface area (TPSA) is 118 Å². The predicted molar refractivity (Wildman–Crippen MR) is 131 cm³/mol. The molecule has 30 heavy (non-hydrogen) atoms. The Labute approximate surface area is 194 Å². The van der Waals surface area contributed by atoms with Crippen LogP contribution in [0.2, 0.25) is 5.02 Å². The Balaban J connectivity index is 1.91. The summed E-state index contributed by atoms with van der Waals surface area (Å²) in [6, 6.07) is 16.5. The Morgan fingerprint density at radius 1 is 1.17 bits per heavy atom. The molecule has 0 atom stereocenters. The van der Waals surface area contributed by atoms with Crippen molar-refractivity contribution in [2.75, 3.05) is 16.8 Å². The van der Waals surface area contributed by atoms with E-state index in [1.165, 1.54) is 0 Å². The highest BCUT2D eigenvalue weighted by Crippen LogP contribution is 2.43. The van der Waals surface area contributed by atoms with Gasteiger partial charge in [-0.2, -0.15) is 5.26 Å². The summed E-state index contributed by atoms with van der Waals surface area (Å²) in [6.07, 6.45) is 0. The van der Waals surface area contributed by atoms with Crippen LogP contribution in [0.25, 0.3) is 21.3 Å². The normalized spacial score (nSPS) is 10.7. The molecule has 0 radical (unpaired) electrons.